The molecule has 1 aromatic rings. The Balaban J connectivity index is 2.68. The van der Waals surface area contributed by atoms with Gasteiger partial charge in [-0.3, -0.25) is 9.79 Å². The van der Waals surface area contributed by atoms with Crippen LogP contribution in [-0.2, 0) is 11.2 Å². The summed E-state index contributed by atoms with van der Waals surface area (Å²) >= 11 is 0. The molecule has 0 radical (unpaired) electrons. The number of carbonyl (C=O) groups excluding carboxylic acids is 1. The molecule has 20 heavy (non-hydrogen) atoms. The van der Waals surface area contributed by atoms with E-state index < -0.39 is 0 Å². The van der Waals surface area contributed by atoms with Crippen molar-refractivity contribution >= 4 is 12.0 Å². The van der Waals surface area contributed by atoms with Crippen molar-refractivity contribution < 1.29 is 14.3 Å². The van der Waals surface area contributed by atoms with E-state index >= 15 is 0 Å². The van der Waals surface area contributed by atoms with Crippen molar-refractivity contribution in [1.29, 1.82) is 0 Å². The number of carbonyl (C=O) groups is 1. The number of ether oxygens (including phenoxy) is 2. The summed E-state index contributed by atoms with van der Waals surface area (Å²) in [4.78, 5) is 16.1. The van der Waals surface area contributed by atoms with Crippen LogP contribution in [0.1, 0.15) is 26.3 Å². The quantitative estimate of drug-likeness (QED) is 0.751. The zero-order valence-electron chi connectivity index (χ0n) is 12.9. The molecular weight excluding hydrogens is 254 g/mol. The van der Waals surface area contributed by atoms with Crippen LogP contribution in [-0.4, -0.2) is 32.8 Å². The summed E-state index contributed by atoms with van der Waals surface area (Å²) in [5.74, 6) is 1.44. The van der Waals surface area contributed by atoms with Crippen LogP contribution < -0.4 is 9.47 Å². The summed E-state index contributed by atoms with van der Waals surface area (Å²) in [6, 6.07) is 5.47. The van der Waals surface area contributed by atoms with E-state index in [0.717, 1.165) is 5.56 Å². The SMILES string of the molecule is COc1cc(CC(=O)CN=CC(C)(C)C)cc(OC)c1. The van der Waals surface area contributed by atoms with Crippen LogP contribution in [0.3, 0.4) is 0 Å². The summed E-state index contributed by atoms with van der Waals surface area (Å²) < 4.78 is 10.4. The lowest BCUT2D eigenvalue weighted by molar-refractivity contribution is -0.117. The van der Waals surface area contributed by atoms with Crippen molar-refractivity contribution in [3.63, 3.8) is 0 Å². The molecule has 0 bridgehead atoms. The second kappa shape index (κ2) is 7.08. The molecule has 0 aliphatic rings. The van der Waals surface area contributed by atoms with Gasteiger partial charge in [0.1, 0.15) is 11.5 Å². The van der Waals surface area contributed by atoms with Crippen LogP contribution in [0.4, 0.5) is 0 Å². The molecule has 0 saturated carbocycles. The van der Waals surface area contributed by atoms with E-state index in [0.29, 0.717) is 17.9 Å². The fourth-order valence-corrected chi connectivity index (χ4v) is 1.67. The molecule has 0 amide bonds. The number of aliphatic imine (C=N–C) groups is 1. The predicted octanol–water partition coefficient (Wildman–Crippen LogP) is 2.93. The van der Waals surface area contributed by atoms with Crippen LogP contribution in [0.15, 0.2) is 23.2 Å². The standard InChI is InChI=1S/C16H23NO3/c1-16(2,3)11-17-10-13(18)6-12-7-14(19-4)9-15(8-12)20-5/h7-9,11H,6,10H2,1-5H3. The molecule has 0 spiro atoms. The molecule has 110 valence electrons. The Labute approximate surface area is 120 Å². The maximum atomic E-state index is 11.9. The van der Waals surface area contributed by atoms with Crippen LogP contribution in [0, 0.1) is 5.41 Å². The van der Waals surface area contributed by atoms with E-state index in [-0.39, 0.29) is 17.7 Å². The highest BCUT2D eigenvalue weighted by Crippen LogP contribution is 2.22. The van der Waals surface area contributed by atoms with Crippen molar-refractivity contribution in [2.45, 2.75) is 27.2 Å². The minimum Gasteiger partial charge on any atom is -0.497 e. The Morgan fingerprint density at radius 3 is 2.15 bits per heavy atom. The predicted molar refractivity (Wildman–Crippen MR) is 81.1 cm³/mol. The maximum Gasteiger partial charge on any atom is 0.158 e. The van der Waals surface area contributed by atoms with Gasteiger partial charge in [0, 0.05) is 18.7 Å². The number of Topliss-reactive ketones (excluding diaryl/α,β-unsaturated/α-hetero) is 1. The monoisotopic (exact) mass is 277 g/mol. The van der Waals surface area contributed by atoms with Crippen molar-refractivity contribution in [2.75, 3.05) is 20.8 Å². The first-order valence-electron chi connectivity index (χ1n) is 6.58. The van der Waals surface area contributed by atoms with Gasteiger partial charge >= 0.3 is 0 Å². The zero-order valence-corrected chi connectivity index (χ0v) is 12.9. The van der Waals surface area contributed by atoms with Crippen LogP contribution >= 0.6 is 0 Å². The molecule has 0 aliphatic carbocycles. The second-order valence-electron chi connectivity index (χ2n) is 5.77. The average Bonchev–Trinajstić information content (AvgIpc) is 2.36. The summed E-state index contributed by atoms with van der Waals surface area (Å²) in [6.07, 6.45) is 2.14. The van der Waals surface area contributed by atoms with Gasteiger partial charge in [0.15, 0.2) is 5.78 Å². The van der Waals surface area contributed by atoms with Crippen molar-refractivity contribution in [3.05, 3.63) is 23.8 Å². The molecule has 0 fully saturated rings. The number of hydrogen-bond acceptors (Lipinski definition) is 4. The summed E-state index contributed by atoms with van der Waals surface area (Å²) in [5, 5.41) is 0. The Hall–Kier alpha value is -1.84. The molecule has 0 N–H and O–H groups in total. The van der Waals surface area contributed by atoms with Gasteiger partial charge in [0.25, 0.3) is 0 Å². The van der Waals surface area contributed by atoms with Gasteiger partial charge in [-0.25, -0.2) is 0 Å². The largest absolute Gasteiger partial charge is 0.497 e. The van der Waals surface area contributed by atoms with Gasteiger partial charge in [-0.05, 0) is 23.1 Å². The summed E-state index contributed by atoms with van der Waals surface area (Å²) in [5.41, 5.74) is 0.872. The second-order valence-corrected chi connectivity index (χ2v) is 5.77. The van der Waals surface area contributed by atoms with Gasteiger partial charge in [-0.1, -0.05) is 20.8 Å². The third-order valence-corrected chi connectivity index (χ3v) is 2.56. The molecule has 0 saturated heterocycles. The lowest BCUT2D eigenvalue weighted by Crippen LogP contribution is -2.11. The van der Waals surface area contributed by atoms with Gasteiger partial charge in [-0.15, -0.1) is 0 Å². The van der Waals surface area contributed by atoms with Crippen LogP contribution in [0.5, 0.6) is 11.5 Å². The van der Waals surface area contributed by atoms with E-state index in [1.165, 1.54) is 0 Å². The van der Waals surface area contributed by atoms with Gasteiger partial charge in [0.05, 0.1) is 20.8 Å². The highest BCUT2D eigenvalue weighted by molar-refractivity contribution is 5.84. The number of rotatable bonds is 6. The molecule has 0 unspecified atom stereocenters. The number of hydrogen-bond donors (Lipinski definition) is 0. The Kier molecular flexibility index (Phi) is 5.74. The van der Waals surface area contributed by atoms with Gasteiger partial charge in [-0.2, -0.15) is 0 Å². The minimum absolute atomic E-state index is 0.000528. The Morgan fingerprint density at radius 2 is 1.70 bits per heavy atom. The summed E-state index contributed by atoms with van der Waals surface area (Å²) in [7, 11) is 3.18. The first kappa shape index (κ1) is 16.2. The third kappa shape index (κ3) is 5.87. The van der Waals surface area contributed by atoms with Crippen molar-refractivity contribution in [1.82, 2.24) is 0 Å². The number of methoxy groups -OCH3 is 2. The lowest BCUT2D eigenvalue weighted by atomic mass is 9.99. The number of ketones is 1. The third-order valence-electron chi connectivity index (χ3n) is 2.56. The first-order valence-corrected chi connectivity index (χ1v) is 6.58. The molecule has 0 atom stereocenters. The maximum absolute atomic E-state index is 11.9. The van der Waals surface area contributed by atoms with E-state index in [2.05, 4.69) is 4.99 Å². The fraction of sp³-hybridized carbons (Fsp3) is 0.500. The number of nitrogens with zero attached hydrogens (tertiary/aromatic N) is 1. The molecular formula is C16H23NO3. The molecule has 0 aromatic heterocycles. The smallest absolute Gasteiger partial charge is 0.158 e. The fourth-order valence-electron chi connectivity index (χ4n) is 1.67. The van der Waals surface area contributed by atoms with E-state index in [9.17, 15) is 4.79 Å². The van der Waals surface area contributed by atoms with Crippen molar-refractivity contribution in [2.24, 2.45) is 10.4 Å². The van der Waals surface area contributed by atoms with Crippen LogP contribution in [0.2, 0.25) is 0 Å². The molecule has 0 aliphatic heterocycles. The number of benzene rings is 1. The van der Waals surface area contributed by atoms with Gasteiger partial charge < -0.3 is 9.47 Å². The molecule has 4 nitrogen and oxygen atoms in total. The van der Waals surface area contributed by atoms with Crippen LogP contribution in [0.25, 0.3) is 0 Å². The molecule has 1 rings (SSSR count). The summed E-state index contributed by atoms with van der Waals surface area (Å²) in [6.45, 7) is 6.35. The average molecular weight is 277 g/mol. The highest BCUT2D eigenvalue weighted by atomic mass is 16.5. The lowest BCUT2D eigenvalue weighted by Gasteiger charge is -2.10. The zero-order chi connectivity index (χ0) is 15.2. The first-order chi connectivity index (χ1) is 9.34. The molecule has 1 aromatic carbocycles. The Morgan fingerprint density at radius 1 is 1.15 bits per heavy atom. The molecule has 0 heterocycles. The van der Waals surface area contributed by atoms with Gasteiger partial charge in [0.2, 0.25) is 0 Å². The van der Waals surface area contributed by atoms with Crippen molar-refractivity contribution in [3.8, 4) is 11.5 Å². The highest BCUT2D eigenvalue weighted by Gasteiger charge is 2.08. The van der Waals surface area contributed by atoms with E-state index in [1.54, 1.807) is 20.3 Å². The topological polar surface area (TPSA) is 47.9 Å². The Bertz CT molecular complexity index is 465. The normalized spacial score (nSPS) is 11.7. The van der Waals surface area contributed by atoms with E-state index in [4.69, 9.17) is 9.47 Å². The van der Waals surface area contributed by atoms with E-state index in [1.807, 2.05) is 39.1 Å². The molecule has 4 heteroatoms. The minimum atomic E-state index is -0.000528.